The zero-order valence-corrected chi connectivity index (χ0v) is 11.9. The van der Waals surface area contributed by atoms with Crippen molar-refractivity contribution in [3.63, 3.8) is 0 Å². The van der Waals surface area contributed by atoms with Crippen LogP contribution in [0.5, 0.6) is 0 Å². The molecule has 1 aromatic carbocycles. The summed E-state index contributed by atoms with van der Waals surface area (Å²) in [4.78, 5) is 17.4. The van der Waals surface area contributed by atoms with Gasteiger partial charge in [-0.2, -0.15) is 5.26 Å². The number of rotatable bonds is 4. The van der Waals surface area contributed by atoms with E-state index in [1.807, 2.05) is 13.0 Å². The number of carbonyl (C=O) groups is 1. The first-order valence-electron chi connectivity index (χ1n) is 6.53. The van der Waals surface area contributed by atoms with E-state index in [0.717, 1.165) is 5.69 Å². The molecule has 1 heterocycles. The highest BCUT2D eigenvalue weighted by atomic mass is 16.4. The Morgan fingerprint density at radius 2 is 2.14 bits per heavy atom. The maximum Gasteiger partial charge on any atom is 0.335 e. The molecule has 0 saturated heterocycles. The summed E-state index contributed by atoms with van der Waals surface area (Å²) < 4.78 is 0. The SMILES string of the molecule is CCc1cc(C(=O)O)cc(N(C)c2cccc(C#N)c2)n1. The normalized spacial score (nSPS) is 9.95. The van der Waals surface area contributed by atoms with Gasteiger partial charge in [0.15, 0.2) is 0 Å². The van der Waals surface area contributed by atoms with Gasteiger partial charge in [-0.3, -0.25) is 0 Å². The quantitative estimate of drug-likeness (QED) is 0.932. The average molecular weight is 281 g/mol. The molecule has 0 fully saturated rings. The molecule has 0 aliphatic heterocycles. The van der Waals surface area contributed by atoms with Crippen LogP contribution in [0.25, 0.3) is 0 Å². The molecule has 0 spiro atoms. The second-order valence-electron chi connectivity index (χ2n) is 4.59. The van der Waals surface area contributed by atoms with E-state index in [0.29, 0.717) is 23.5 Å². The molecule has 0 amide bonds. The minimum atomic E-state index is -0.979. The maximum atomic E-state index is 11.2. The molecule has 0 radical (unpaired) electrons. The fourth-order valence-corrected chi connectivity index (χ4v) is 1.96. The zero-order valence-electron chi connectivity index (χ0n) is 11.9. The molecule has 1 N–H and O–H groups in total. The average Bonchev–Trinajstić information content (AvgIpc) is 2.53. The van der Waals surface area contributed by atoms with Crippen LogP contribution in [-0.2, 0) is 6.42 Å². The monoisotopic (exact) mass is 281 g/mol. The Hall–Kier alpha value is -2.87. The minimum absolute atomic E-state index is 0.208. The molecule has 0 aliphatic rings. The smallest absolute Gasteiger partial charge is 0.335 e. The van der Waals surface area contributed by atoms with Crippen LogP contribution in [0, 0.1) is 11.3 Å². The number of carboxylic acid groups (broad SMARTS) is 1. The van der Waals surface area contributed by atoms with Crippen LogP contribution in [-0.4, -0.2) is 23.1 Å². The van der Waals surface area contributed by atoms with Gasteiger partial charge in [0.1, 0.15) is 5.82 Å². The lowest BCUT2D eigenvalue weighted by Crippen LogP contribution is -2.13. The van der Waals surface area contributed by atoms with Gasteiger partial charge in [0.2, 0.25) is 0 Å². The maximum absolute atomic E-state index is 11.2. The summed E-state index contributed by atoms with van der Waals surface area (Å²) in [5.74, 6) is -0.436. The lowest BCUT2D eigenvalue weighted by molar-refractivity contribution is 0.0696. The number of hydrogen-bond acceptors (Lipinski definition) is 4. The number of aryl methyl sites for hydroxylation is 1. The highest BCUT2D eigenvalue weighted by molar-refractivity contribution is 5.89. The summed E-state index contributed by atoms with van der Waals surface area (Å²) in [5, 5.41) is 18.1. The third-order valence-electron chi connectivity index (χ3n) is 3.18. The van der Waals surface area contributed by atoms with Crippen molar-refractivity contribution >= 4 is 17.5 Å². The van der Waals surface area contributed by atoms with Gasteiger partial charge in [0, 0.05) is 18.4 Å². The molecule has 1 aromatic heterocycles. The third-order valence-corrected chi connectivity index (χ3v) is 3.18. The van der Waals surface area contributed by atoms with Crippen LogP contribution in [0.1, 0.15) is 28.5 Å². The molecule has 2 rings (SSSR count). The number of pyridine rings is 1. The number of anilines is 2. The molecular formula is C16H15N3O2. The molecule has 0 aliphatic carbocycles. The van der Waals surface area contributed by atoms with E-state index in [1.54, 1.807) is 36.2 Å². The largest absolute Gasteiger partial charge is 0.478 e. The van der Waals surface area contributed by atoms with Crippen molar-refractivity contribution in [1.29, 1.82) is 5.26 Å². The Balaban J connectivity index is 2.47. The summed E-state index contributed by atoms with van der Waals surface area (Å²) in [6.45, 7) is 1.92. The number of aromatic carboxylic acids is 1. The number of benzene rings is 1. The van der Waals surface area contributed by atoms with E-state index in [9.17, 15) is 9.90 Å². The van der Waals surface area contributed by atoms with Gasteiger partial charge < -0.3 is 10.0 Å². The second-order valence-corrected chi connectivity index (χ2v) is 4.59. The molecule has 0 unspecified atom stereocenters. The molecule has 0 atom stereocenters. The first-order valence-corrected chi connectivity index (χ1v) is 6.53. The zero-order chi connectivity index (χ0) is 15.4. The van der Waals surface area contributed by atoms with Crippen molar-refractivity contribution in [1.82, 2.24) is 4.98 Å². The van der Waals surface area contributed by atoms with Gasteiger partial charge in [0.05, 0.1) is 17.2 Å². The molecule has 21 heavy (non-hydrogen) atoms. The second kappa shape index (κ2) is 6.06. The fraction of sp³-hybridized carbons (Fsp3) is 0.188. The van der Waals surface area contributed by atoms with Crippen LogP contribution in [0.15, 0.2) is 36.4 Å². The Morgan fingerprint density at radius 3 is 2.76 bits per heavy atom. The molecule has 2 aromatic rings. The van der Waals surface area contributed by atoms with Crippen molar-refractivity contribution in [2.24, 2.45) is 0 Å². The first-order chi connectivity index (χ1) is 10.0. The van der Waals surface area contributed by atoms with Crippen molar-refractivity contribution in [2.45, 2.75) is 13.3 Å². The van der Waals surface area contributed by atoms with Gasteiger partial charge in [-0.1, -0.05) is 13.0 Å². The van der Waals surface area contributed by atoms with Gasteiger partial charge in [-0.05, 0) is 36.8 Å². The molecular weight excluding hydrogens is 266 g/mol. The standard InChI is InChI=1S/C16H15N3O2/c1-3-13-8-12(16(20)21)9-15(18-13)19(2)14-6-4-5-11(7-14)10-17/h4-9H,3H2,1-2H3,(H,20,21). The topological polar surface area (TPSA) is 77.2 Å². The van der Waals surface area contributed by atoms with Crippen LogP contribution in [0.4, 0.5) is 11.5 Å². The Labute approximate surface area is 123 Å². The number of carboxylic acids is 1. The van der Waals surface area contributed by atoms with Gasteiger partial charge >= 0.3 is 5.97 Å². The van der Waals surface area contributed by atoms with Crippen molar-refractivity contribution in [3.05, 3.63) is 53.2 Å². The fourth-order valence-electron chi connectivity index (χ4n) is 1.96. The number of nitriles is 1. The van der Waals surface area contributed by atoms with Crippen LogP contribution >= 0.6 is 0 Å². The lowest BCUT2D eigenvalue weighted by Gasteiger charge is -2.19. The van der Waals surface area contributed by atoms with E-state index in [-0.39, 0.29) is 5.56 Å². The highest BCUT2D eigenvalue weighted by Crippen LogP contribution is 2.24. The summed E-state index contributed by atoms with van der Waals surface area (Å²) in [6, 6.07) is 12.3. The van der Waals surface area contributed by atoms with Crippen molar-refractivity contribution in [3.8, 4) is 6.07 Å². The Kier molecular flexibility index (Phi) is 4.19. The van der Waals surface area contributed by atoms with Crippen LogP contribution in [0.2, 0.25) is 0 Å². The lowest BCUT2D eigenvalue weighted by atomic mass is 10.1. The number of aromatic nitrogens is 1. The number of hydrogen-bond donors (Lipinski definition) is 1. The van der Waals surface area contributed by atoms with E-state index in [4.69, 9.17) is 5.26 Å². The third kappa shape index (κ3) is 3.18. The molecule has 0 bridgehead atoms. The van der Waals surface area contributed by atoms with Crippen molar-refractivity contribution < 1.29 is 9.90 Å². The summed E-state index contributed by atoms with van der Waals surface area (Å²) in [6.07, 6.45) is 0.653. The highest BCUT2D eigenvalue weighted by Gasteiger charge is 2.12. The van der Waals surface area contributed by atoms with Crippen LogP contribution < -0.4 is 4.90 Å². The summed E-state index contributed by atoms with van der Waals surface area (Å²) in [5.41, 5.74) is 2.25. The molecule has 106 valence electrons. The Morgan fingerprint density at radius 1 is 1.38 bits per heavy atom. The number of nitrogens with zero attached hydrogens (tertiary/aromatic N) is 3. The predicted octanol–water partition coefficient (Wildman–Crippen LogP) is 2.98. The van der Waals surface area contributed by atoms with E-state index in [2.05, 4.69) is 11.1 Å². The first kappa shape index (κ1) is 14.5. The van der Waals surface area contributed by atoms with Gasteiger partial charge in [-0.15, -0.1) is 0 Å². The summed E-state index contributed by atoms with van der Waals surface area (Å²) in [7, 11) is 1.80. The molecule has 5 heteroatoms. The van der Waals surface area contributed by atoms with Crippen molar-refractivity contribution in [2.75, 3.05) is 11.9 Å². The van der Waals surface area contributed by atoms with E-state index >= 15 is 0 Å². The van der Waals surface area contributed by atoms with E-state index < -0.39 is 5.97 Å². The Bertz CT molecular complexity index is 720. The van der Waals surface area contributed by atoms with E-state index in [1.165, 1.54) is 6.07 Å². The van der Waals surface area contributed by atoms with Gasteiger partial charge in [-0.25, -0.2) is 9.78 Å². The van der Waals surface area contributed by atoms with Crippen LogP contribution in [0.3, 0.4) is 0 Å². The minimum Gasteiger partial charge on any atom is -0.478 e. The van der Waals surface area contributed by atoms with Gasteiger partial charge in [0.25, 0.3) is 0 Å². The predicted molar refractivity (Wildman–Crippen MR) is 79.8 cm³/mol. The summed E-state index contributed by atoms with van der Waals surface area (Å²) >= 11 is 0. The molecule has 0 saturated carbocycles. The molecule has 5 nitrogen and oxygen atoms in total.